The summed E-state index contributed by atoms with van der Waals surface area (Å²) in [6.45, 7) is 9.06. The van der Waals surface area contributed by atoms with Gasteiger partial charge in [0.05, 0.1) is 24.7 Å². The predicted octanol–water partition coefficient (Wildman–Crippen LogP) is 3.81. The molecule has 0 saturated carbocycles. The summed E-state index contributed by atoms with van der Waals surface area (Å²) in [5, 5.41) is -0.508. The summed E-state index contributed by atoms with van der Waals surface area (Å²) in [7, 11) is 1.56. The first-order valence-electron chi connectivity index (χ1n) is 9.20. The molecule has 1 saturated heterocycles. The number of hydrogen-bond donors (Lipinski definition) is 0. The van der Waals surface area contributed by atoms with Gasteiger partial charge < -0.3 is 14.2 Å². The average molecular weight is 419 g/mol. The molecule has 0 radical (unpaired) electrons. The molecule has 0 spiro atoms. The van der Waals surface area contributed by atoms with Gasteiger partial charge in [0.1, 0.15) is 6.54 Å². The average Bonchev–Trinajstić information content (AvgIpc) is 2.89. The van der Waals surface area contributed by atoms with Crippen LogP contribution in [0.2, 0.25) is 0 Å². The minimum atomic E-state index is -0.625. The Morgan fingerprint density at radius 3 is 2.62 bits per heavy atom. The molecule has 0 aromatic heterocycles. The zero-order chi connectivity index (χ0) is 21.6. The number of methoxy groups -OCH3 is 1. The molecule has 0 unspecified atom stereocenters. The van der Waals surface area contributed by atoms with Crippen LogP contribution < -0.4 is 9.47 Å². The molecule has 1 aromatic rings. The molecule has 156 valence electrons. The molecule has 8 heteroatoms. The second-order valence-corrected chi connectivity index (χ2v) is 7.44. The highest BCUT2D eigenvalue weighted by molar-refractivity contribution is 8.18. The van der Waals surface area contributed by atoms with Gasteiger partial charge in [-0.05, 0) is 62.7 Å². The van der Waals surface area contributed by atoms with Crippen LogP contribution in [0, 0.1) is 0 Å². The smallest absolute Gasteiger partial charge is 0.326 e. The summed E-state index contributed by atoms with van der Waals surface area (Å²) >= 11 is 0.784. The number of carbonyl (C=O) groups is 3. The van der Waals surface area contributed by atoms with Crippen molar-refractivity contribution in [1.29, 1.82) is 0 Å². The molecule has 0 bridgehead atoms. The number of amides is 2. The van der Waals surface area contributed by atoms with Gasteiger partial charge in [-0.15, -0.1) is 6.58 Å². The van der Waals surface area contributed by atoms with E-state index in [0.717, 1.165) is 22.2 Å². The number of benzene rings is 1. The molecule has 2 amide bonds. The van der Waals surface area contributed by atoms with Crippen molar-refractivity contribution in [3.05, 3.63) is 40.8 Å². The molecule has 1 aliphatic rings. The largest absolute Gasteiger partial charge is 0.493 e. The molecule has 0 aliphatic carbocycles. The van der Waals surface area contributed by atoms with Crippen molar-refractivity contribution in [3.63, 3.8) is 0 Å². The van der Waals surface area contributed by atoms with Crippen molar-refractivity contribution in [2.45, 2.75) is 33.3 Å². The zero-order valence-corrected chi connectivity index (χ0v) is 17.8. The van der Waals surface area contributed by atoms with Crippen LogP contribution in [0.25, 0.3) is 6.08 Å². The minimum absolute atomic E-state index is 0.226. The van der Waals surface area contributed by atoms with Gasteiger partial charge in [-0.25, -0.2) is 0 Å². The van der Waals surface area contributed by atoms with Gasteiger partial charge in [0.15, 0.2) is 11.5 Å². The molecular weight excluding hydrogens is 394 g/mol. The highest BCUT2D eigenvalue weighted by Crippen LogP contribution is 2.37. The Kier molecular flexibility index (Phi) is 7.90. The second-order valence-electron chi connectivity index (χ2n) is 6.44. The van der Waals surface area contributed by atoms with Crippen LogP contribution in [0.4, 0.5) is 4.79 Å². The van der Waals surface area contributed by atoms with E-state index in [1.165, 1.54) is 0 Å². The topological polar surface area (TPSA) is 82.1 Å². The van der Waals surface area contributed by atoms with Crippen LogP contribution in [0.3, 0.4) is 0 Å². The van der Waals surface area contributed by atoms with Gasteiger partial charge in [-0.1, -0.05) is 6.08 Å². The number of imide groups is 1. The molecule has 29 heavy (non-hydrogen) atoms. The van der Waals surface area contributed by atoms with Crippen molar-refractivity contribution in [2.75, 3.05) is 20.3 Å². The van der Waals surface area contributed by atoms with E-state index < -0.39 is 23.7 Å². The van der Waals surface area contributed by atoms with E-state index in [-0.39, 0.29) is 11.0 Å². The number of esters is 1. The Morgan fingerprint density at radius 1 is 1.31 bits per heavy atom. The monoisotopic (exact) mass is 419 g/mol. The molecule has 0 N–H and O–H groups in total. The summed E-state index contributed by atoms with van der Waals surface area (Å²) in [6.07, 6.45) is 3.57. The number of rotatable bonds is 9. The molecule has 7 nitrogen and oxygen atoms in total. The molecule has 1 aliphatic heterocycles. The Bertz CT molecular complexity index is 846. The highest BCUT2D eigenvalue weighted by Gasteiger charge is 2.36. The Labute approximate surface area is 174 Å². The predicted molar refractivity (Wildman–Crippen MR) is 112 cm³/mol. The minimum Gasteiger partial charge on any atom is -0.493 e. The van der Waals surface area contributed by atoms with Crippen molar-refractivity contribution in [2.24, 2.45) is 0 Å². The summed E-state index contributed by atoms with van der Waals surface area (Å²) in [6, 6.07) is 3.60. The van der Waals surface area contributed by atoms with Crippen LogP contribution >= 0.6 is 11.8 Å². The van der Waals surface area contributed by atoms with E-state index in [9.17, 15) is 14.4 Å². The number of nitrogens with zero attached hydrogens (tertiary/aromatic N) is 1. The summed E-state index contributed by atoms with van der Waals surface area (Å²) in [4.78, 5) is 37.8. The standard InChI is InChI=1S/C21H25NO6S/c1-6-8-15-9-14(10-16(27-7-2)19(15)26-5)11-17-20(24)22(21(25)29-17)12-18(23)28-13(3)4/h6,9-11,13H,1,7-8,12H2,2-5H3/b17-11-. The van der Waals surface area contributed by atoms with Crippen molar-refractivity contribution in [1.82, 2.24) is 4.90 Å². The Hall–Kier alpha value is -2.74. The van der Waals surface area contributed by atoms with E-state index in [0.29, 0.717) is 30.1 Å². The van der Waals surface area contributed by atoms with E-state index in [1.54, 1.807) is 39.2 Å². The SMILES string of the molecule is C=CCc1cc(/C=C2\SC(=O)N(CC(=O)OC(C)C)C2=O)cc(OCC)c1OC. The summed E-state index contributed by atoms with van der Waals surface area (Å²) in [5.74, 6) is -0.00608. The van der Waals surface area contributed by atoms with Gasteiger partial charge in [-0.3, -0.25) is 19.3 Å². The molecule has 2 rings (SSSR count). The van der Waals surface area contributed by atoms with Crippen LogP contribution in [-0.4, -0.2) is 48.4 Å². The van der Waals surface area contributed by atoms with E-state index in [1.807, 2.05) is 13.0 Å². The van der Waals surface area contributed by atoms with Crippen LogP contribution in [0.1, 0.15) is 31.9 Å². The van der Waals surface area contributed by atoms with E-state index in [2.05, 4.69) is 6.58 Å². The number of thioether (sulfide) groups is 1. The summed E-state index contributed by atoms with van der Waals surface area (Å²) < 4.78 is 16.1. The molecule has 1 heterocycles. The fraction of sp³-hybridized carbons (Fsp3) is 0.381. The van der Waals surface area contributed by atoms with Gasteiger partial charge in [-0.2, -0.15) is 0 Å². The summed E-state index contributed by atoms with van der Waals surface area (Å²) in [5.41, 5.74) is 1.53. The molecule has 1 fully saturated rings. The Balaban J connectivity index is 2.33. The Morgan fingerprint density at radius 2 is 2.03 bits per heavy atom. The number of allylic oxidation sites excluding steroid dienone is 1. The quantitative estimate of drug-likeness (QED) is 0.342. The molecule has 0 atom stereocenters. The third kappa shape index (κ3) is 5.63. The van der Waals surface area contributed by atoms with E-state index >= 15 is 0 Å². The lowest BCUT2D eigenvalue weighted by Crippen LogP contribution is -2.35. The number of ether oxygens (including phenoxy) is 3. The van der Waals surface area contributed by atoms with Gasteiger partial charge in [0.25, 0.3) is 11.1 Å². The highest BCUT2D eigenvalue weighted by atomic mass is 32.2. The first-order chi connectivity index (χ1) is 13.8. The normalized spacial score (nSPS) is 15.2. The van der Waals surface area contributed by atoms with Gasteiger partial charge in [0, 0.05) is 5.56 Å². The first kappa shape index (κ1) is 22.5. The van der Waals surface area contributed by atoms with Gasteiger partial charge >= 0.3 is 5.97 Å². The maximum atomic E-state index is 12.6. The lowest BCUT2D eigenvalue weighted by molar-refractivity contribution is -0.149. The lowest BCUT2D eigenvalue weighted by Gasteiger charge is -2.15. The zero-order valence-electron chi connectivity index (χ0n) is 17.0. The van der Waals surface area contributed by atoms with Gasteiger partial charge in [0.2, 0.25) is 0 Å². The molecular formula is C21H25NO6S. The first-order valence-corrected chi connectivity index (χ1v) is 10.0. The maximum Gasteiger partial charge on any atom is 0.326 e. The number of hydrogen-bond acceptors (Lipinski definition) is 7. The van der Waals surface area contributed by atoms with Crippen LogP contribution in [0.5, 0.6) is 11.5 Å². The van der Waals surface area contributed by atoms with E-state index in [4.69, 9.17) is 14.2 Å². The van der Waals surface area contributed by atoms with Crippen LogP contribution in [0.15, 0.2) is 29.7 Å². The maximum absolute atomic E-state index is 12.6. The van der Waals surface area contributed by atoms with Crippen LogP contribution in [-0.2, 0) is 20.7 Å². The second kappa shape index (κ2) is 10.2. The molecule has 1 aromatic carbocycles. The number of carbonyl (C=O) groups excluding carboxylic acids is 3. The third-order valence-electron chi connectivity index (χ3n) is 3.85. The fourth-order valence-corrected chi connectivity index (χ4v) is 3.62. The lowest BCUT2D eigenvalue weighted by atomic mass is 10.0. The third-order valence-corrected chi connectivity index (χ3v) is 4.76. The van der Waals surface area contributed by atoms with Crippen molar-refractivity contribution >= 4 is 35.0 Å². The van der Waals surface area contributed by atoms with Crippen molar-refractivity contribution < 1.29 is 28.6 Å². The van der Waals surface area contributed by atoms with Crippen molar-refractivity contribution in [3.8, 4) is 11.5 Å². The fourth-order valence-electron chi connectivity index (χ4n) is 2.79.